The third-order valence-electron chi connectivity index (χ3n) is 3.18. The van der Waals surface area contributed by atoms with Crippen LogP contribution in [0.1, 0.15) is 19.4 Å². The minimum atomic E-state index is -0.433. The first-order valence-electron chi connectivity index (χ1n) is 6.60. The summed E-state index contributed by atoms with van der Waals surface area (Å²) in [6.45, 7) is 5.68. The molecule has 106 valence electrons. The van der Waals surface area contributed by atoms with E-state index in [1.165, 1.54) is 0 Å². The van der Waals surface area contributed by atoms with E-state index in [1.807, 2.05) is 43.0 Å². The van der Waals surface area contributed by atoms with Crippen molar-refractivity contribution in [3.63, 3.8) is 0 Å². The zero-order chi connectivity index (χ0) is 14.5. The molecule has 1 aromatic rings. The summed E-state index contributed by atoms with van der Waals surface area (Å²) < 4.78 is 5.31. The zero-order valence-corrected chi connectivity index (χ0v) is 11.9. The molecule has 5 nitrogen and oxygen atoms in total. The van der Waals surface area contributed by atoms with E-state index in [1.54, 1.807) is 13.3 Å². The van der Waals surface area contributed by atoms with Gasteiger partial charge in [-0.2, -0.15) is 0 Å². The van der Waals surface area contributed by atoms with Crippen molar-refractivity contribution in [1.82, 2.24) is 4.90 Å². The number of oxime groups is 1. The minimum Gasteiger partial charge on any atom is -0.496 e. The molecule has 1 heterocycles. The second-order valence-electron chi connectivity index (χ2n) is 4.28. The van der Waals surface area contributed by atoms with Crippen molar-refractivity contribution >= 4 is 11.7 Å². The van der Waals surface area contributed by atoms with E-state index < -0.39 is 5.97 Å². The average molecular weight is 274 g/mol. The van der Waals surface area contributed by atoms with Crippen molar-refractivity contribution in [3.8, 4) is 5.75 Å². The van der Waals surface area contributed by atoms with Gasteiger partial charge in [-0.25, -0.2) is 4.79 Å². The number of benzene rings is 1. The fourth-order valence-electron chi connectivity index (χ4n) is 2.02. The van der Waals surface area contributed by atoms with Gasteiger partial charge in [-0.15, -0.1) is 0 Å². The van der Waals surface area contributed by atoms with Crippen molar-refractivity contribution in [2.75, 3.05) is 20.2 Å². The lowest BCUT2D eigenvalue weighted by Crippen LogP contribution is -2.20. The number of para-hydroxylation sites is 1. The summed E-state index contributed by atoms with van der Waals surface area (Å²) in [6.07, 6.45) is 1.79. The third kappa shape index (κ3) is 2.66. The number of carbonyl (C=O) groups is 1. The van der Waals surface area contributed by atoms with Crippen molar-refractivity contribution in [2.45, 2.75) is 13.8 Å². The van der Waals surface area contributed by atoms with Gasteiger partial charge < -0.3 is 14.5 Å². The lowest BCUT2D eigenvalue weighted by Gasteiger charge is -2.16. The van der Waals surface area contributed by atoms with Gasteiger partial charge in [-0.1, -0.05) is 17.3 Å². The first-order valence-corrected chi connectivity index (χ1v) is 6.60. The molecule has 0 radical (unpaired) electrons. The van der Waals surface area contributed by atoms with Gasteiger partial charge in [0.05, 0.1) is 7.11 Å². The van der Waals surface area contributed by atoms with Gasteiger partial charge >= 0.3 is 5.97 Å². The Hall–Kier alpha value is -2.30. The maximum absolute atomic E-state index is 11.9. The van der Waals surface area contributed by atoms with Crippen LogP contribution in [0.15, 0.2) is 41.2 Å². The highest BCUT2D eigenvalue weighted by molar-refractivity contribution is 6.29. The van der Waals surface area contributed by atoms with Crippen LogP contribution in [0, 0.1) is 0 Å². The second-order valence-corrected chi connectivity index (χ2v) is 4.28. The summed E-state index contributed by atoms with van der Waals surface area (Å²) >= 11 is 0. The fraction of sp³-hybridized carbons (Fsp3) is 0.333. The van der Waals surface area contributed by atoms with Crippen molar-refractivity contribution in [1.29, 1.82) is 0 Å². The summed E-state index contributed by atoms with van der Waals surface area (Å²) in [4.78, 5) is 18.7. The van der Waals surface area contributed by atoms with Crippen LogP contribution in [-0.2, 0) is 9.63 Å². The number of hydrogen-bond donors (Lipinski definition) is 0. The Labute approximate surface area is 118 Å². The standard InChI is InChI=1S/C15H18N2O3/c1-4-17(5-2)10-12-14(16-20-15(12)18)11-8-6-7-9-13(11)19-3/h6-10H,4-5H2,1-3H3. The molecule has 1 aliphatic heterocycles. The predicted octanol–water partition coefficient (Wildman–Crippen LogP) is 2.18. The molecule has 0 saturated carbocycles. The van der Waals surface area contributed by atoms with Crippen LogP contribution in [0.4, 0.5) is 0 Å². The molecule has 5 heteroatoms. The number of hydrogen-bond acceptors (Lipinski definition) is 5. The normalized spacial score (nSPS) is 16.1. The monoisotopic (exact) mass is 274 g/mol. The molecular formula is C15H18N2O3. The molecular weight excluding hydrogens is 256 g/mol. The van der Waals surface area contributed by atoms with Crippen LogP contribution in [0.5, 0.6) is 5.75 Å². The molecule has 0 unspecified atom stereocenters. The Morgan fingerprint density at radius 3 is 2.65 bits per heavy atom. The van der Waals surface area contributed by atoms with Gasteiger partial charge in [0.25, 0.3) is 0 Å². The van der Waals surface area contributed by atoms with Crippen LogP contribution in [-0.4, -0.2) is 36.8 Å². The molecule has 0 atom stereocenters. The predicted molar refractivity (Wildman–Crippen MR) is 76.6 cm³/mol. The molecule has 0 bridgehead atoms. The molecule has 1 aliphatic rings. The van der Waals surface area contributed by atoms with Gasteiger partial charge in [-0.3, -0.25) is 0 Å². The molecule has 0 spiro atoms. The van der Waals surface area contributed by atoms with Crippen LogP contribution in [0.2, 0.25) is 0 Å². The Morgan fingerprint density at radius 2 is 2.00 bits per heavy atom. The van der Waals surface area contributed by atoms with E-state index in [0.717, 1.165) is 18.7 Å². The number of methoxy groups -OCH3 is 1. The topological polar surface area (TPSA) is 51.1 Å². The zero-order valence-electron chi connectivity index (χ0n) is 11.9. The van der Waals surface area contributed by atoms with Gasteiger partial charge in [0, 0.05) is 24.9 Å². The van der Waals surface area contributed by atoms with E-state index >= 15 is 0 Å². The number of ether oxygens (including phenoxy) is 1. The summed E-state index contributed by atoms with van der Waals surface area (Å²) in [5.74, 6) is 0.229. The molecule has 20 heavy (non-hydrogen) atoms. The molecule has 1 aromatic carbocycles. The molecule has 0 saturated heterocycles. The minimum absolute atomic E-state index is 0.433. The number of nitrogens with zero attached hydrogens (tertiary/aromatic N) is 2. The Morgan fingerprint density at radius 1 is 1.30 bits per heavy atom. The van der Waals surface area contributed by atoms with Crippen LogP contribution in [0.25, 0.3) is 0 Å². The van der Waals surface area contributed by atoms with E-state index in [2.05, 4.69) is 5.16 Å². The number of rotatable bonds is 5. The lowest BCUT2D eigenvalue weighted by atomic mass is 10.0. The van der Waals surface area contributed by atoms with E-state index in [9.17, 15) is 4.79 Å². The second kappa shape index (κ2) is 6.23. The maximum atomic E-state index is 11.9. The van der Waals surface area contributed by atoms with Crippen molar-refractivity contribution in [3.05, 3.63) is 41.6 Å². The smallest absolute Gasteiger partial charge is 0.369 e. The molecule has 0 aromatic heterocycles. The Kier molecular flexibility index (Phi) is 4.40. The fourth-order valence-corrected chi connectivity index (χ4v) is 2.02. The molecule has 0 N–H and O–H groups in total. The van der Waals surface area contributed by atoms with E-state index in [4.69, 9.17) is 9.57 Å². The first kappa shape index (κ1) is 14.1. The lowest BCUT2D eigenvalue weighted by molar-refractivity contribution is -0.136. The highest BCUT2D eigenvalue weighted by Crippen LogP contribution is 2.25. The molecule has 2 rings (SSSR count). The van der Waals surface area contributed by atoms with E-state index in [-0.39, 0.29) is 0 Å². The van der Waals surface area contributed by atoms with Gasteiger partial charge in [-0.05, 0) is 26.0 Å². The van der Waals surface area contributed by atoms with Gasteiger partial charge in [0.15, 0.2) is 0 Å². The Balaban J connectivity index is 2.42. The summed E-state index contributed by atoms with van der Waals surface area (Å²) in [5.41, 5.74) is 1.72. The SMILES string of the molecule is CCN(C=C1C(=O)ON=C1c1ccccc1OC)CC. The highest BCUT2D eigenvalue weighted by Gasteiger charge is 2.29. The molecule has 0 fully saturated rings. The summed E-state index contributed by atoms with van der Waals surface area (Å²) in [7, 11) is 1.59. The number of carbonyl (C=O) groups excluding carboxylic acids is 1. The maximum Gasteiger partial charge on any atom is 0.369 e. The Bertz CT molecular complexity index is 560. The molecule has 0 aliphatic carbocycles. The first-order chi connectivity index (χ1) is 9.71. The van der Waals surface area contributed by atoms with Crippen LogP contribution < -0.4 is 4.74 Å². The largest absolute Gasteiger partial charge is 0.496 e. The summed E-state index contributed by atoms with van der Waals surface area (Å²) in [5, 5.41) is 3.89. The van der Waals surface area contributed by atoms with Crippen molar-refractivity contribution < 1.29 is 14.4 Å². The van der Waals surface area contributed by atoms with Gasteiger partial charge in [0.1, 0.15) is 17.0 Å². The molecule has 0 amide bonds. The van der Waals surface area contributed by atoms with Gasteiger partial charge in [0.2, 0.25) is 0 Å². The summed E-state index contributed by atoms with van der Waals surface area (Å²) in [6, 6.07) is 7.43. The third-order valence-corrected chi connectivity index (χ3v) is 3.18. The van der Waals surface area contributed by atoms with Crippen molar-refractivity contribution in [2.24, 2.45) is 5.16 Å². The van der Waals surface area contributed by atoms with Crippen LogP contribution in [0.3, 0.4) is 0 Å². The van der Waals surface area contributed by atoms with Crippen LogP contribution >= 0.6 is 0 Å². The highest BCUT2D eigenvalue weighted by atomic mass is 16.7. The van der Waals surface area contributed by atoms with E-state index in [0.29, 0.717) is 17.0 Å². The average Bonchev–Trinajstić information content (AvgIpc) is 2.85. The quantitative estimate of drug-likeness (QED) is 0.610.